The van der Waals surface area contributed by atoms with Crippen LogP contribution in [0.15, 0.2) is 29.4 Å². The summed E-state index contributed by atoms with van der Waals surface area (Å²) in [6.07, 6.45) is 1.83. The number of hydrogen-bond donors (Lipinski definition) is 0. The Morgan fingerprint density at radius 1 is 1.55 bits per heavy atom. The maximum absolute atomic E-state index is 12.4. The van der Waals surface area contributed by atoms with Gasteiger partial charge in [0.05, 0.1) is 5.03 Å². The molecule has 3 heteroatoms. The molecule has 0 amide bonds. The van der Waals surface area contributed by atoms with E-state index in [2.05, 4.69) is 4.98 Å². The first-order valence-corrected chi connectivity index (χ1v) is 4.46. The van der Waals surface area contributed by atoms with E-state index in [9.17, 15) is 4.39 Å². The van der Waals surface area contributed by atoms with Gasteiger partial charge in [-0.3, -0.25) is 0 Å². The minimum atomic E-state index is -0.595. The molecule has 2 unspecified atom stereocenters. The summed E-state index contributed by atoms with van der Waals surface area (Å²) in [5.74, 6) is 0. The van der Waals surface area contributed by atoms with Gasteiger partial charge in [0.2, 0.25) is 0 Å². The molecule has 0 radical (unpaired) electrons. The van der Waals surface area contributed by atoms with Crippen LogP contribution in [-0.2, 0) is 0 Å². The molecule has 58 valence electrons. The summed E-state index contributed by atoms with van der Waals surface area (Å²) >= 11 is 1.53. The summed E-state index contributed by atoms with van der Waals surface area (Å²) in [6.45, 7) is 0. The zero-order valence-electron chi connectivity index (χ0n) is 5.90. The van der Waals surface area contributed by atoms with E-state index < -0.39 is 6.17 Å². The maximum atomic E-state index is 12.4. The van der Waals surface area contributed by atoms with Crippen molar-refractivity contribution in [1.29, 1.82) is 0 Å². The second-order valence-corrected chi connectivity index (χ2v) is 3.84. The highest BCUT2D eigenvalue weighted by Gasteiger charge is 2.38. The molecule has 2 rings (SSSR count). The lowest BCUT2D eigenvalue weighted by Crippen LogP contribution is -1.82. The summed E-state index contributed by atoms with van der Waals surface area (Å²) in [5.41, 5.74) is 0. The number of pyridine rings is 1. The zero-order chi connectivity index (χ0) is 7.68. The Morgan fingerprint density at radius 2 is 2.36 bits per heavy atom. The maximum Gasteiger partial charge on any atom is 0.114 e. The Kier molecular flexibility index (Phi) is 1.82. The third kappa shape index (κ3) is 1.71. The van der Waals surface area contributed by atoms with E-state index in [1.807, 2.05) is 18.2 Å². The molecule has 1 saturated carbocycles. The van der Waals surface area contributed by atoms with Gasteiger partial charge >= 0.3 is 0 Å². The van der Waals surface area contributed by atoms with Gasteiger partial charge in [-0.2, -0.15) is 0 Å². The lowest BCUT2D eigenvalue weighted by molar-refractivity contribution is 0.482. The van der Waals surface area contributed by atoms with Crippen molar-refractivity contribution < 1.29 is 4.39 Å². The number of hydrogen-bond acceptors (Lipinski definition) is 2. The van der Waals surface area contributed by atoms with Gasteiger partial charge in [-0.05, 0) is 18.6 Å². The van der Waals surface area contributed by atoms with Gasteiger partial charge in [-0.25, -0.2) is 9.37 Å². The second-order valence-electron chi connectivity index (χ2n) is 2.58. The Bertz CT molecular complexity index is 239. The van der Waals surface area contributed by atoms with Crippen molar-refractivity contribution in [3.05, 3.63) is 24.4 Å². The molecule has 0 saturated heterocycles. The van der Waals surface area contributed by atoms with Crippen LogP contribution >= 0.6 is 11.8 Å². The summed E-state index contributed by atoms with van der Waals surface area (Å²) in [5, 5.41) is 1.10. The highest BCUT2D eigenvalue weighted by Crippen LogP contribution is 2.40. The average Bonchev–Trinajstić information content (AvgIpc) is 2.69. The molecule has 1 aliphatic carbocycles. The number of alkyl halides is 1. The van der Waals surface area contributed by atoms with E-state index in [1.54, 1.807) is 6.20 Å². The highest BCUT2D eigenvalue weighted by molar-refractivity contribution is 8.00. The zero-order valence-corrected chi connectivity index (χ0v) is 6.72. The molecule has 0 aromatic carbocycles. The minimum Gasteiger partial charge on any atom is -0.250 e. The molecule has 0 aliphatic heterocycles. The summed E-state index contributed by atoms with van der Waals surface area (Å²) in [4.78, 5) is 4.09. The second kappa shape index (κ2) is 2.81. The van der Waals surface area contributed by atoms with Gasteiger partial charge in [0.1, 0.15) is 6.17 Å². The average molecular weight is 169 g/mol. The monoisotopic (exact) mass is 169 g/mol. The van der Waals surface area contributed by atoms with Gasteiger partial charge in [0, 0.05) is 11.4 Å². The largest absolute Gasteiger partial charge is 0.250 e. The third-order valence-electron chi connectivity index (χ3n) is 1.57. The van der Waals surface area contributed by atoms with E-state index in [0.29, 0.717) is 6.42 Å². The molecule has 1 nitrogen and oxygen atoms in total. The van der Waals surface area contributed by atoms with Crippen LogP contribution in [0.25, 0.3) is 0 Å². The number of aromatic nitrogens is 1. The van der Waals surface area contributed by atoms with Gasteiger partial charge < -0.3 is 0 Å². The van der Waals surface area contributed by atoms with Crippen LogP contribution < -0.4 is 0 Å². The smallest absolute Gasteiger partial charge is 0.114 e. The minimum absolute atomic E-state index is 0.171. The predicted octanol–water partition coefficient (Wildman–Crippen LogP) is 2.28. The van der Waals surface area contributed by atoms with Crippen molar-refractivity contribution in [3.8, 4) is 0 Å². The van der Waals surface area contributed by atoms with Crippen molar-refractivity contribution in [2.75, 3.05) is 0 Å². The van der Waals surface area contributed by atoms with Gasteiger partial charge in [-0.1, -0.05) is 17.8 Å². The summed E-state index contributed by atoms with van der Waals surface area (Å²) < 4.78 is 12.4. The molecule has 0 N–H and O–H groups in total. The number of halogens is 1. The standard InChI is InChI=1S/C8H8FNS/c9-6-5-7(6)11-8-3-1-2-4-10-8/h1-4,6-7H,5H2. The Hall–Kier alpha value is -0.570. The molecule has 1 aromatic rings. The van der Waals surface area contributed by atoms with Crippen molar-refractivity contribution in [2.24, 2.45) is 0 Å². The lowest BCUT2D eigenvalue weighted by atomic mass is 10.5. The van der Waals surface area contributed by atoms with E-state index in [0.717, 1.165) is 5.03 Å². The Labute approximate surface area is 69.0 Å². The first-order chi connectivity index (χ1) is 5.36. The molecule has 2 atom stereocenters. The van der Waals surface area contributed by atoms with Crippen molar-refractivity contribution in [2.45, 2.75) is 22.9 Å². The lowest BCUT2D eigenvalue weighted by Gasteiger charge is -1.94. The molecule has 1 aliphatic rings. The molecule has 1 aromatic heterocycles. The molecule has 0 spiro atoms. The van der Waals surface area contributed by atoms with Crippen LogP contribution in [0, 0.1) is 0 Å². The van der Waals surface area contributed by atoms with Crippen LogP contribution in [0.2, 0.25) is 0 Å². The van der Waals surface area contributed by atoms with E-state index in [4.69, 9.17) is 0 Å². The fourth-order valence-electron chi connectivity index (χ4n) is 0.837. The van der Waals surface area contributed by atoms with E-state index >= 15 is 0 Å². The van der Waals surface area contributed by atoms with Crippen LogP contribution in [-0.4, -0.2) is 16.4 Å². The number of nitrogens with zero attached hydrogens (tertiary/aromatic N) is 1. The van der Waals surface area contributed by atoms with Gasteiger partial charge in [0.25, 0.3) is 0 Å². The third-order valence-corrected chi connectivity index (χ3v) is 2.84. The van der Waals surface area contributed by atoms with Crippen LogP contribution in [0.4, 0.5) is 4.39 Å². The Balaban J connectivity index is 1.97. The van der Waals surface area contributed by atoms with Crippen molar-refractivity contribution in [3.63, 3.8) is 0 Å². The number of rotatable bonds is 2. The highest BCUT2D eigenvalue weighted by atomic mass is 32.2. The Morgan fingerprint density at radius 3 is 2.91 bits per heavy atom. The number of thioether (sulfide) groups is 1. The first kappa shape index (κ1) is 7.10. The van der Waals surface area contributed by atoms with Gasteiger partial charge in [0.15, 0.2) is 0 Å². The predicted molar refractivity (Wildman–Crippen MR) is 43.4 cm³/mol. The molecular formula is C8H8FNS. The topological polar surface area (TPSA) is 12.9 Å². The first-order valence-electron chi connectivity index (χ1n) is 3.58. The fraction of sp³-hybridized carbons (Fsp3) is 0.375. The van der Waals surface area contributed by atoms with E-state index in [-0.39, 0.29) is 5.25 Å². The summed E-state index contributed by atoms with van der Waals surface area (Å²) in [7, 11) is 0. The summed E-state index contributed by atoms with van der Waals surface area (Å²) in [6, 6.07) is 5.70. The van der Waals surface area contributed by atoms with Crippen molar-refractivity contribution in [1.82, 2.24) is 4.98 Å². The molecular weight excluding hydrogens is 161 g/mol. The fourth-order valence-corrected chi connectivity index (χ4v) is 1.85. The van der Waals surface area contributed by atoms with Crippen LogP contribution in [0.1, 0.15) is 6.42 Å². The molecule has 0 bridgehead atoms. The molecule has 11 heavy (non-hydrogen) atoms. The molecule has 1 heterocycles. The SMILES string of the molecule is FC1CC1Sc1ccccn1. The van der Waals surface area contributed by atoms with Crippen molar-refractivity contribution >= 4 is 11.8 Å². The van der Waals surface area contributed by atoms with Crippen LogP contribution in [0.3, 0.4) is 0 Å². The molecule has 1 fully saturated rings. The van der Waals surface area contributed by atoms with Gasteiger partial charge in [-0.15, -0.1) is 0 Å². The quantitative estimate of drug-likeness (QED) is 0.673. The normalized spacial score (nSPS) is 28.5. The van der Waals surface area contributed by atoms with E-state index in [1.165, 1.54) is 11.8 Å². The van der Waals surface area contributed by atoms with Crippen LogP contribution in [0.5, 0.6) is 0 Å².